The number of hydrogen-bond donors (Lipinski definition) is 0. The molecule has 0 saturated heterocycles. The van der Waals surface area contributed by atoms with Crippen molar-refractivity contribution in [3.05, 3.63) is 71.6 Å². The second kappa shape index (κ2) is 5.35. The van der Waals surface area contributed by atoms with Gasteiger partial charge in [-0.25, -0.2) is 9.37 Å². The van der Waals surface area contributed by atoms with E-state index in [1.54, 1.807) is 29.0 Å². The number of thiazole rings is 1. The quantitative estimate of drug-likeness (QED) is 0.563. The molecular formula is C17H12FN3S. The summed E-state index contributed by atoms with van der Waals surface area (Å²) in [5, 5.41) is 0. The Kier molecular flexibility index (Phi) is 3.20. The summed E-state index contributed by atoms with van der Waals surface area (Å²) in [6.45, 7) is 0.647. The van der Waals surface area contributed by atoms with E-state index >= 15 is 0 Å². The number of aromatic nitrogens is 3. The monoisotopic (exact) mass is 309 g/mol. The summed E-state index contributed by atoms with van der Waals surface area (Å²) < 4.78 is 15.2. The molecule has 0 N–H and O–H groups in total. The second-order valence-corrected chi connectivity index (χ2v) is 5.89. The molecule has 4 aromatic rings. The lowest BCUT2D eigenvalue weighted by Crippen LogP contribution is -2.01. The summed E-state index contributed by atoms with van der Waals surface area (Å²) in [6.07, 6.45) is 1.83. The number of rotatable bonds is 3. The zero-order valence-electron chi connectivity index (χ0n) is 11.6. The Balaban J connectivity index is 1.87. The third kappa shape index (κ3) is 2.29. The van der Waals surface area contributed by atoms with Gasteiger partial charge in [0.25, 0.3) is 0 Å². The first-order valence-electron chi connectivity index (χ1n) is 6.90. The highest BCUT2D eigenvalue weighted by Gasteiger charge is 2.13. The number of para-hydroxylation sites is 2. The number of imidazole rings is 1. The van der Waals surface area contributed by atoms with E-state index < -0.39 is 0 Å². The summed E-state index contributed by atoms with van der Waals surface area (Å²) in [5.74, 6) is 0.676. The molecule has 0 amide bonds. The summed E-state index contributed by atoms with van der Waals surface area (Å²) >= 11 is 1.56. The SMILES string of the molecule is Fc1ccc(Cn2c(-c3cncs3)nc3ccccc32)cc1. The van der Waals surface area contributed by atoms with Crippen LogP contribution in [0.1, 0.15) is 5.56 Å². The molecule has 0 radical (unpaired) electrons. The lowest BCUT2D eigenvalue weighted by molar-refractivity contribution is 0.626. The fourth-order valence-electron chi connectivity index (χ4n) is 2.52. The zero-order chi connectivity index (χ0) is 14.9. The minimum atomic E-state index is -0.220. The molecule has 0 fully saturated rings. The van der Waals surface area contributed by atoms with E-state index in [0.717, 1.165) is 27.3 Å². The van der Waals surface area contributed by atoms with Crippen LogP contribution < -0.4 is 0 Å². The summed E-state index contributed by atoms with van der Waals surface area (Å²) in [6, 6.07) is 14.6. The Morgan fingerprint density at radius 3 is 2.64 bits per heavy atom. The van der Waals surface area contributed by atoms with Gasteiger partial charge >= 0.3 is 0 Å². The highest BCUT2D eigenvalue weighted by Crippen LogP contribution is 2.28. The Morgan fingerprint density at radius 1 is 1.05 bits per heavy atom. The lowest BCUT2D eigenvalue weighted by atomic mass is 10.2. The average molecular weight is 309 g/mol. The normalized spacial score (nSPS) is 11.1. The van der Waals surface area contributed by atoms with Crippen LogP contribution in [0.2, 0.25) is 0 Å². The summed E-state index contributed by atoms with van der Waals surface area (Å²) in [5.41, 5.74) is 4.86. The molecule has 4 rings (SSSR count). The number of hydrogen-bond acceptors (Lipinski definition) is 3. The number of benzene rings is 2. The van der Waals surface area contributed by atoms with Crippen LogP contribution in [0, 0.1) is 5.82 Å². The van der Waals surface area contributed by atoms with E-state index in [1.165, 1.54) is 12.1 Å². The first kappa shape index (κ1) is 13.2. The highest BCUT2D eigenvalue weighted by atomic mass is 32.1. The fourth-order valence-corrected chi connectivity index (χ4v) is 3.14. The summed E-state index contributed by atoms with van der Waals surface area (Å²) in [4.78, 5) is 9.90. The summed E-state index contributed by atoms with van der Waals surface area (Å²) in [7, 11) is 0. The zero-order valence-corrected chi connectivity index (χ0v) is 12.4. The van der Waals surface area contributed by atoms with E-state index in [4.69, 9.17) is 4.98 Å². The molecule has 22 heavy (non-hydrogen) atoms. The van der Waals surface area contributed by atoms with Crippen molar-refractivity contribution in [2.75, 3.05) is 0 Å². The first-order chi connectivity index (χ1) is 10.8. The molecule has 0 unspecified atom stereocenters. The molecule has 0 bridgehead atoms. The Bertz CT molecular complexity index is 911. The standard InChI is InChI=1S/C17H12FN3S/c18-13-7-5-12(6-8-13)10-21-15-4-2-1-3-14(15)20-17(21)16-9-19-11-22-16/h1-9,11H,10H2. The number of halogens is 1. The highest BCUT2D eigenvalue weighted by molar-refractivity contribution is 7.13. The van der Waals surface area contributed by atoms with E-state index in [2.05, 4.69) is 15.6 Å². The van der Waals surface area contributed by atoms with Gasteiger partial charge in [-0.05, 0) is 29.8 Å². The van der Waals surface area contributed by atoms with E-state index in [-0.39, 0.29) is 5.82 Å². The van der Waals surface area contributed by atoms with E-state index in [9.17, 15) is 4.39 Å². The van der Waals surface area contributed by atoms with Gasteiger partial charge in [-0.3, -0.25) is 4.98 Å². The van der Waals surface area contributed by atoms with Gasteiger partial charge in [-0.2, -0.15) is 0 Å². The Morgan fingerprint density at radius 2 is 1.86 bits per heavy atom. The minimum absolute atomic E-state index is 0.220. The van der Waals surface area contributed by atoms with Gasteiger partial charge in [0, 0.05) is 12.7 Å². The van der Waals surface area contributed by atoms with Crippen LogP contribution in [0.3, 0.4) is 0 Å². The molecule has 0 saturated carbocycles. The topological polar surface area (TPSA) is 30.7 Å². The maximum atomic E-state index is 13.1. The van der Waals surface area contributed by atoms with Crippen molar-refractivity contribution in [2.24, 2.45) is 0 Å². The molecule has 2 aromatic carbocycles. The van der Waals surface area contributed by atoms with Crippen molar-refractivity contribution < 1.29 is 4.39 Å². The van der Waals surface area contributed by atoms with Crippen molar-refractivity contribution in [3.8, 4) is 10.7 Å². The molecule has 0 aliphatic carbocycles. The molecule has 2 aromatic heterocycles. The fraction of sp³-hybridized carbons (Fsp3) is 0.0588. The first-order valence-corrected chi connectivity index (χ1v) is 7.78. The molecule has 3 nitrogen and oxygen atoms in total. The molecule has 0 spiro atoms. The lowest BCUT2D eigenvalue weighted by Gasteiger charge is -2.08. The molecule has 0 aliphatic heterocycles. The van der Waals surface area contributed by atoms with Crippen molar-refractivity contribution >= 4 is 22.4 Å². The maximum absolute atomic E-state index is 13.1. The number of fused-ring (bicyclic) bond motifs is 1. The Hall–Kier alpha value is -2.53. The van der Waals surface area contributed by atoms with Crippen LogP contribution in [-0.4, -0.2) is 14.5 Å². The molecule has 108 valence electrons. The van der Waals surface area contributed by atoms with Gasteiger partial charge in [-0.1, -0.05) is 24.3 Å². The van der Waals surface area contributed by atoms with Gasteiger partial charge in [0.2, 0.25) is 0 Å². The van der Waals surface area contributed by atoms with Crippen LogP contribution in [0.15, 0.2) is 60.2 Å². The third-order valence-electron chi connectivity index (χ3n) is 3.56. The van der Waals surface area contributed by atoms with Gasteiger partial charge in [0.1, 0.15) is 5.82 Å². The van der Waals surface area contributed by atoms with Gasteiger partial charge in [-0.15, -0.1) is 11.3 Å². The van der Waals surface area contributed by atoms with Crippen LogP contribution in [-0.2, 0) is 6.54 Å². The van der Waals surface area contributed by atoms with E-state index in [0.29, 0.717) is 6.54 Å². The molecule has 0 atom stereocenters. The maximum Gasteiger partial charge on any atom is 0.153 e. The van der Waals surface area contributed by atoms with Crippen LogP contribution >= 0.6 is 11.3 Å². The minimum Gasteiger partial charge on any atom is -0.319 e. The Labute approximate surface area is 130 Å². The molecular weight excluding hydrogens is 297 g/mol. The van der Waals surface area contributed by atoms with E-state index in [1.807, 2.05) is 24.4 Å². The van der Waals surface area contributed by atoms with Gasteiger partial charge < -0.3 is 4.57 Å². The van der Waals surface area contributed by atoms with Gasteiger partial charge in [0.15, 0.2) is 5.82 Å². The van der Waals surface area contributed by atoms with Crippen LogP contribution in [0.5, 0.6) is 0 Å². The van der Waals surface area contributed by atoms with Crippen molar-refractivity contribution in [3.63, 3.8) is 0 Å². The predicted octanol–water partition coefficient (Wildman–Crippen LogP) is 4.35. The molecule has 0 aliphatic rings. The van der Waals surface area contributed by atoms with Crippen molar-refractivity contribution in [1.29, 1.82) is 0 Å². The largest absolute Gasteiger partial charge is 0.319 e. The smallest absolute Gasteiger partial charge is 0.153 e. The van der Waals surface area contributed by atoms with Crippen molar-refractivity contribution in [2.45, 2.75) is 6.54 Å². The number of nitrogens with zero attached hydrogens (tertiary/aromatic N) is 3. The molecule has 5 heteroatoms. The van der Waals surface area contributed by atoms with Gasteiger partial charge in [0.05, 0.1) is 21.4 Å². The predicted molar refractivity (Wildman–Crippen MR) is 86.3 cm³/mol. The second-order valence-electron chi connectivity index (χ2n) is 5.00. The molecule has 2 heterocycles. The van der Waals surface area contributed by atoms with Crippen molar-refractivity contribution in [1.82, 2.24) is 14.5 Å². The van der Waals surface area contributed by atoms with Crippen LogP contribution in [0.25, 0.3) is 21.7 Å². The average Bonchev–Trinajstić information content (AvgIpc) is 3.18. The third-order valence-corrected chi connectivity index (χ3v) is 4.33. The van der Waals surface area contributed by atoms with Crippen LogP contribution in [0.4, 0.5) is 4.39 Å².